The predicted molar refractivity (Wildman–Crippen MR) is 35.9 cm³/mol. The van der Waals surface area contributed by atoms with E-state index in [2.05, 4.69) is 11.3 Å². The van der Waals surface area contributed by atoms with Crippen LogP contribution in [-0.2, 0) is 9.53 Å². The van der Waals surface area contributed by atoms with Gasteiger partial charge in [0.25, 0.3) is 0 Å². The molecule has 50 valence electrons. The summed E-state index contributed by atoms with van der Waals surface area (Å²) in [4.78, 5) is 10.3. The van der Waals surface area contributed by atoms with Crippen LogP contribution < -0.4 is 0 Å². The maximum atomic E-state index is 10.3. The van der Waals surface area contributed by atoms with Crippen LogP contribution in [0.2, 0.25) is 0 Å². The van der Waals surface area contributed by atoms with E-state index in [0.717, 1.165) is 6.08 Å². The molecule has 0 N–H and O–H groups in total. The minimum absolute atomic E-state index is 0.0694. The van der Waals surface area contributed by atoms with Gasteiger partial charge in [0, 0.05) is 6.08 Å². The van der Waals surface area contributed by atoms with Crippen LogP contribution in [0.1, 0.15) is 6.92 Å². The fourth-order valence-electron chi connectivity index (χ4n) is 0.197. The Labute approximate surface area is 58.8 Å². The summed E-state index contributed by atoms with van der Waals surface area (Å²) in [6.45, 7) is 4.85. The van der Waals surface area contributed by atoms with Crippen molar-refractivity contribution >= 4 is 17.6 Å². The lowest BCUT2D eigenvalue weighted by Crippen LogP contribution is -1.95. The smallest absolute Gasteiger partial charge is 0.336 e. The molecule has 0 bridgehead atoms. The van der Waals surface area contributed by atoms with Crippen LogP contribution in [0.25, 0.3) is 0 Å². The van der Waals surface area contributed by atoms with Crippen molar-refractivity contribution in [2.45, 2.75) is 6.92 Å². The van der Waals surface area contributed by atoms with Gasteiger partial charge in [0.2, 0.25) is 0 Å². The Balaban J connectivity index is 3.74. The molecule has 3 heteroatoms. The summed E-state index contributed by atoms with van der Waals surface area (Å²) >= 11 is 5.31. The van der Waals surface area contributed by atoms with Gasteiger partial charge in [0.1, 0.15) is 0 Å². The first-order valence-electron chi connectivity index (χ1n) is 2.36. The molecule has 0 aromatic rings. The van der Waals surface area contributed by atoms with Gasteiger partial charge in [-0.25, -0.2) is 4.79 Å². The maximum absolute atomic E-state index is 10.3. The first-order chi connectivity index (χ1) is 4.20. The van der Waals surface area contributed by atoms with E-state index in [-0.39, 0.29) is 5.22 Å². The van der Waals surface area contributed by atoms with Gasteiger partial charge in [-0.3, -0.25) is 0 Å². The van der Waals surface area contributed by atoms with Crippen molar-refractivity contribution in [1.29, 1.82) is 0 Å². The number of hydrogen-bond donors (Lipinski definition) is 0. The number of hydrogen-bond acceptors (Lipinski definition) is 2. The topological polar surface area (TPSA) is 26.3 Å². The second-order valence-corrected chi connectivity index (χ2v) is 1.59. The summed E-state index contributed by atoms with van der Waals surface area (Å²) in [5.74, 6) is -0.543. The molecule has 0 amide bonds. The molecule has 0 aromatic heterocycles. The summed E-state index contributed by atoms with van der Waals surface area (Å²) < 4.78 is 4.42. The molecule has 0 unspecified atom stereocenters. The molecule has 0 aliphatic heterocycles. The second-order valence-electron chi connectivity index (χ2n) is 1.22. The zero-order valence-electron chi connectivity index (χ0n) is 5.06. The molecule has 0 spiro atoms. The molecule has 0 aliphatic rings. The SMILES string of the molecule is C=CC(=O)O/C(Cl)=C\C. The highest BCUT2D eigenvalue weighted by Gasteiger charge is 1.95. The normalized spacial score (nSPS) is 10.7. The molecule has 0 aliphatic carbocycles. The molecule has 0 rings (SSSR count). The Morgan fingerprint density at radius 3 is 2.67 bits per heavy atom. The van der Waals surface area contributed by atoms with Crippen molar-refractivity contribution in [3.05, 3.63) is 23.9 Å². The molecule has 0 radical (unpaired) electrons. The minimum Gasteiger partial charge on any atom is -0.411 e. The predicted octanol–water partition coefficient (Wildman–Crippen LogP) is 1.82. The highest BCUT2D eigenvalue weighted by Crippen LogP contribution is 2.02. The van der Waals surface area contributed by atoms with Gasteiger partial charge >= 0.3 is 5.97 Å². The van der Waals surface area contributed by atoms with E-state index in [0.29, 0.717) is 0 Å². The molecule has 0 aromatic carbocycles. The summed E-state index contributed by atoms with van der Waals surface area (Å²) in [5.41, 5.74) is 0. The number of carbonyl (C=O) groups is 1. The average molecular weight is 147 g/mol. The molecule has 2 nitrogen and oxygen atoms in total. The number of rotatable bonds is 2. The van der Waals surface area contributed by atoms with Crippen LogP contribution in [0, 0.1) is 0 Å². The minimum atomic E-state index is -0.543. The lowest BCUT2D eigenvalue weighted by atomic mass is 10.6. The van der Waals surface area contributed by atoms with Gasteiger partial charge in [-0.2, -0.15) is 0 Å². The van der Waals surface area contributed by atoms with Crippen LogP contribution in [0.5, 0.6) is 0 Å². The summed E-state index contributed by atoms with van der Waals surface area (Å²) in [6, 6.07) is 0. The van der Waals surface area contributed by atoms with Gasteiger partial charge < -0.3 is 4.74 Å². The molecule has 0 fully saturated rings. The first kappa shape index (κ1) is 8.24. The molecule has 0 saturated carbocycles. The van der Waals surface area contributed by atoms with E-state index >= 15 is 0 Å². The van der Waals surface area contributed by atoms with Crippen molar-refractivity contribution in [3.63, 3.8) is 0 Å². The zero-order valence-corrected chi connectivity index (χ0v) is 5.81. The largest absolute Gasteiger partial charge is 0.411 e. The van der Waals surface area contributed by atoms with Crippen LogP contribution in [0.15, 0.2) is 23.9 Å². The standard InChI is InChI=1S/C6H7ClO2/c1-3-5(7)9-6(8)4-2/h3-4H,2H2,1H3/b5-3-. The van der Waals surface area contributed by atoms with Gasteiger partial charge in [0.15, 0.2) is 5.22 Å². The third kappa shape index (κ3) is 3.79. The molecule has 0 heterocycles. The molecule has 9 heavy (non-hydrogen) atoms. The Bertz CT molecular complexity index is 149. The maximum Gasteiger partial charge on any atom is 0.336 e. The molecule has 0 saturated heterocycles. The Kier molecular flexibility index (Phi) is 3.80. The van der Waals surface area contributed by atoms with E-state index in [1.807, 2.05) is 0 Å². The number of carbonyl (C=O) groups excluding carboxylic acids is 1. The summed E-state index contributed by atoms with van der Waals surface area (Å²) in [5, 5.41) is 0.0694. The number of allylic oxidation sites excluding steroid dienone is 1. The van der Waals surface area contributed by atoms with Crippen molar-refractivity contribution in [2.24, 2.45) is 0 Å². The lowest BCUT2D eigenvalue weighted by Gasteiger charge is -1.94. The average Bonchev–Trinajstić information content (AvgIpc) is 1.87. The van der Waals surface area contributed by atoms with Crippen LogP contribution >= 0.6 is 11.6 Å². The van der Waals surface area contributed by atoms with Gasteiger partial charge in [0.05, 0.1) is 0 Å². The van der Waals surface area contributed by atoms with E-state index < -0.39 is 5.97 Å². The van der Waals surface area contributed by atoms with Gasteiger partial charge in [-0.05, 0) is 24.6 Å². The van der Waals surface area contributed by atoms with Crippen molar-refractivity contribution < 1.29 is 9.53 Å². The summed E-state index contributed by atoms with van der Waals surface area (Å²) in [7, 11) is 0. The van der Waals surface area contributed by atoms with Crippen molar-refractivity contribution in [1.82, 2.24) is 0 Å². The van der Waals surface area contributed by atoms with E-state index in [1.54, 1.807) is 6.92 Å². The van der Waals surface area contributed by atoms with Crippen LogP contribution in [-0.4, -0.2) is 5.97 Å². The zero-order chi connectivity index (χ0) is 7.28. The van der Waals surface area contributed by atoms with Crippen molar-refractivity contribution in [2.75, 3.05) is 0 Å². The molecular formula is C6H7ClO2. The summed E-state index contributed by atoms with van der Waals surface area (Å²) in [6.07, 6.45) is 2.52. The second kappa shape index (κ2) is 4.15. The molecular weight excluding hydrogens is 140 g/mol. The monoisotopic (exact) mass is 146 g/mol. The number of halogens is 1. The fraction of sp³-hybridized carbons (Fsp3) is 0.167. The third-order valence-corrected chi connectivity index (χ3v) is 0.887. The Morgan fingerprint density at radius 2 is 2.33 bits per heavy atom. The Hall–Kier alpha value is -0.760. The number of ether oxygens (including phenoxy) is 1. The lowest BCUT2D eigenvalue weighted by molar-refractivity contribution is -0.132. The molecule has 0 atom stereocenters. The van der Waals surface area contributed by atoms with Gasteiger partial charge in [-0.15, -0.1) is 0 Å². The fourth-order valence-corrected chi connectivity index (χ4v) is 0.273. The number of esters is 1. The first-order valence-corrected chi connectivity index (χ1v) is 2.74. The third-order valence-electron chi connectivity index (χ3n) is 0.592. The van der Waals surface area contributed by atoms with Crippen molar-refractivity contribution in [3.8, 4) is 0 Å². The van der Waals surface area contributed by atoms with E-state index in [9.17, 15) is 4.79 Å². The Morgan fingerprint density at radius 1 is 1.78 bits per heavy atom. The highest BCUT2D eigenvalue weighted by molar-refractivity contribution is 6.29. The highest BCUT2D eigenvalue weighted by atomic mass is 35.5. The van der Waals surface area contributed by atoms with Crippen LogP contribution in [0.3, 0.4) is 0 Å². The quantitative estimate of drug-likeness (QED) is 0.338. The van der Waals surface area contributed by atoms with E-state index in [1.165, 1.54) is 6.08 Å². The van der Waals surface area contributed by atoms with Gasteiger partial charge in [-0.1, -0.05) is 6.58 Å². The van der Waals surface area contributed by atoms with E-state index in [4.69, 9.17) is 11.6 Å². The van der Waals surface area contributed by atoms with Crippen LogP contribution in [0.4, 0.5) is 0 Å².